The van der Waals surface area contributed by atoms with E-state index >= 15 is 0 Å². The largest absolute Gasteiger partial charge is 0.463 e. The first-order valence-corrected chi connectivity index (χ1v) is 5.33. The second-order valence-corrected chi connectivity index (χ2v) is 4.47. The second-order valence-electron chi connectivity index (χ2n) is 4.47. The molecule has 0 rings (SSSR count). The molecule has 0 saturated heterocycles. The molecule has 0 radical (unpaired) electrons. The Bertz CT molecular complexity index is 396. The van der Waals surface area contributed by atoms with Gasteiger partial charge in [-0.1, -0.05) is 6.58 Å². The molecule has 0 aliphatic rings. The van der Waals surface area contributed by atoms with Gasteiger partial charge in [-0.3, -0.25) is 0 Å². The Kier molecular flexibility index (Phi) is 4.91. The molecule has 0 bridgehead atoms. The highest BCUT2D eigenvalue weighted by Crippen LogP contribution is 2.56. The van der Waals surface area contributed by atoms with Crippen molar-refractivity contribution < 1.29 is 40.3 Å². The summed E-state index contributed by atoms with van der Waals surface area (Å²) < 4.78 is 93.6. The van der Waals surface area contributed by atoms with Gasteiger partial charge in [-0.2, -0.15) is 30.7 Å². The van der Waals surface area contributed by atoms with Crippen LogP contribution >= 0.6 is 0 Å². The molecule has 0 N–H and O–H groups in total. The molecule has 0 aromatic heterocycles. The van der Waals surface area contributed by atoms with E-state index in [1.54, 1.807) is 0 Å². The average Bonchev–Trinajstić information content (AvgIpc) is 2.26. The Labute approximate surface area is 110 Å². The van der Waals surface area contributed by atoms with E-state index in [0.29, 0.717) is 13.8 Å². The van der Waals surface area contributed by atoms with Gasteiger partial charge in [0.05, 0.1) is 12.0 Å². The summed E-state index contributed by atoms with van der Waals surface area (Å²) in [4.78, 5) is 11.2. The minimum absolute atomic E-state index is 0.269. The molecule has 0 unspecified atom stereocenters. The highest BCUT2D eigenvalue weighted by atomic mass is 19.4. The Morgan fingerprint density at radius 2 is 1.40 bits per heavy atom. The van der Waals surface area contributed by atoms with Crippen LogP contribution in [0, 0.1) is 5.41 Å². The van der Waals surface area contributed by atoms with Crippen LogP contribution in [0.2, 0.25) is 0 Å². The van der Waals surface area contributed by atoms with Crippen molar-refractivity contribution in [3.05, 3.63) is 12.2 Å². The molecule has 0 fully saturated rings. The maximum atomic E-state index is 13.6. The lowest BCUT2D eigenvalue weighted by molar-refractivity contribution is -0.372. The molecule has 0 amide bonds. The van der Waals surface area contributed by atoms with Crippen LogP contribution in [0.4, 0.5) is 30.7 Å². The molecule has 2 nitrogen and oxygen atoms in total. The molecule has 118 valence electrons. The third-order valence-corrected chi connectivity index (χ3v) is 2.81. The van der Waals surface area contributed by atoms with Gasteiger partial charge in [-0.25, -0.2) is 4.79 Å². The number of carbonyl (C=O) groups is 1. The molecule has 0 aromatic carbocycles. The van der Waals surface area contributed by atoms with Crippen molar-refractivity contribution in [1.29, 1.82) is 0 Å². The van der Waals surface area contributed by atoms with Crippen LogP contribution in [0.15, 0.2) is 12.2 Å². The summed E-state index contributed by atoms with van der Waals surface area (Å²) in [6.45, 7) is 4.62. The van der Waals surface area contributed by atoms with Gasteiger partial charge in [0, 0.05) is 5.57 Å². The number of ether oxygens (including phenoxy) is 1. The van der Waals surface area contributed by atoms with Gasteiger partial charge < -0.3 is 4.74 Å². The van der Waals surface area contributed by atoms with E-state index in [1.807, 2.05) is 0 Å². The first-order chi connectivity index (χ1) is 8.64. The number of esters is 1. The third-order valence-electron chi connectivity index (χ3n) is 2.81. The highest BCUT2D eigenvalue weighted by Gasteiger charge is 2.78. The summed E-state index contributed by atoms with van der Waals surface area (Å²) in [7, 11) is 0. The SMILES string of the molecule is C=C(C(=O)OCC)C(C)(C)C(F)(F)C(F)(F)C(F)(F)F. The summed E-state index contributed by atoms with van der Waals surface area (Å²) in [5, 5.41) is 0. The van der Waals surface area contributed by atoms with Crippen LogP contribution in [0.1, 0.15) is 20.8 Å². The van der Waals surface area contributed by atoms with E-state index in [-0.39, 0.29) is 6.61 Å². The number of rotatable bonds is 5. The van der Waals surface area contributed by atoms with Gasteiger partial charge in [0.2, 0.25) is 0 Å². The first-order valence-electron chi connectivity index (χ1n) is 5.33. The normalized spacial score (nSPS) is 14.1. The molecule has 20 heavy (non-hydrogen) atoms. The Morgan fingerprint density at radius 1 is 1.00 bits per heavy atom. The summed E-state index contributed by atoms with van der Waals surface area (Å²) in [6.07, 6.45) is -6.47. The van der Waals surface area contributed by atoms with Crippen molar-refractivity contribution in [3.63, 3.8) is 0 Å². The van der Waals surface area contributed by atoms with Crippen molar-refractivity contribution >= 4 is 5.97 Å². The zero-order chi connectivity index (χ0) is 16.6. The summed E-state index contributed by atoms with van der Waals surface area (Å²) in [5.74, 6) is -13.4. The van der Waals surface area contributed by atoms with Crippen LogP contribution in [0.25, 0.3) is 0 Å². The van der Waals surface area contributed by atoms with Crippen molar-refractivity contribution in [1.82, 2.24) is 0 Å². The molecule has 9 heteroatoms. The van der Waals surface area contributed by atoms with Gasteiger partial charge >= 0.3 is 24.0 Å². The van der Waals surface area contributed by atoms with Gasteiger partial charge in [-0.05, 0) is 20.8 Å². The predicted octanol–water partition coefficient (Wildman–Crippen LogP) is 3.96. The second kappa shape index (κ2) is 5.25. The Hall–Kier alpha value is -1.28. The van der Waals surface area contributed by atoms with Crippen LogP contribution in [-0.2, 0) is 9.53 Å². The molecular weight excluding hydrogens is 297 g/mol. The van der Waals surface area contributed by atoms with Crippen molar-refractivity contribution in [2.75, 3.05) is 6.61 Å². The van der Waals surface area contributed by atoms with Gasteiger partial charge in [-0.15, -0.1) is 0 Å². The van der Waals surface area contributed by atoms with Gasteiger partial charge in [0.1, 0.15) is 0 Å². The maximum Gasteiger partial charge on any atom is 0.459 e. The van der Waals surface area contributed by atoms with Crippen LogP contribution in [0.3, 0.4) is 0 Å². The van der Waals surface area contributed by atoms with E-state index in [1.165, 1.54) is 6.92 Å². The number of hydrogen-bond acceptors (Lipinski definition) is 2. The van der Waals surface area contributed by atoms with Crippen LogP contribution in [0.5, 0.6) is 0 Å². The Morgan fingerprint density at radius 3 is 1.70 bits per heavy atom. The molecule has 0 atom stereocenters. The van der Waals surface area contributed by atoms with Crippen molar-refractivity contribution in [3.8, 4) is 0 Å². The van der Waals surface area contributed by atoms with Gasteiger partial charge in [0.25, 0.3) is 0 Å². The monoisotopic (exact) mass is 310 g/mol. The van der Waals surface area contributed by atoms with Crippen LogP contribution in [-0.4, -0.2) is 30.6 Å². The van der Waals surface area contributed by atoms with Crippen molar-refractivity contribution in [2.24, 2.45) is 5.41 Å². The topological polar surface area (TPSA) is 26.3 Å². The molecule has 0 heterocycles. The smallest absolute Gasteiger partial charge is 0.459 e. The number of carbonyl (C=O) groups excluding carboxylic acids is 1. The van der Waals surface area contributed by atoms with Crippen LogP contribution < -0.4 is 0 Å². The lowest BCUT2D eigenvalue weighted by atomic mass is 9.75. The van der Waals surface area contributed by atoms with Gasteiger partial charge in [0.15, 0.2) is 0 Å². The quantitative estimate of drug-likeness (QED) is 0.436. The highest BCUT2D eigenvalue weighted by molar-refractivity contribution is 5.89. The molecule has 0 aliphatic heterocycles. The molecule has 0 aromatic rings. The predicted molar refractivity (Wildman–Crippen MR) is 55.5 cm³/mol. The third kappa shape index (κ3) is 2.76. The average molecular weight is 310 g/mol. The molecular formula is C11H13F7O2. The summed E-state index contributed by atoms with van der Waals surface area (Å²) in [5.41, 5.74) is -4.33. The Balaban J connectivity index is 5.69. The summed E-state index contributed by atoms with van der Waals surface area (Å²) in [6, 6.07) is 0. The van der Waals surface area contributed by atoms with E-state index in [0.717, 1.165) is 0 Å². The van der Waals surface area contributed by atoms with Crippen molar-refractivity contribution in [2.45, 2.75) is 38.8 Å². The summed E-state index contributed by atoms with van der Waals surface area (Å²) >= 11 is 0. The minimum atomic E-state index is -6.47. The van der Waals surface area contributed by atoms with E-state index in [2.05, 4.69) is 11.3 Å². The fourth-order valence-electron chi connectivity index (χ4n) is 1.23. The van der Waals surface area contributed by atoms with E-state index in [4.69, 9.17) is 0 Å². The first kappa shape index (κ1) is 18.7. The number of alkyl halides is 7. The fourth-order valence-corrected chi connectivity index (χ4v) is 1.23. The van der Waals surface area contributed by atoms with E-state index < -0.39 is 35.0 Å². The number of hydrogen-bond donors (Lipinski definition) is 0. The standard InChI is InChI=1S/C11H13F7O2/c1-5-20-7(19)6(2)8(3,4)9(12,13)10(14,15)11(16,17)18/h2,5H2,1,3-4H3. The zero-order valence-corrected chi connectivity index (χ0v) is 10.9. The molecule has 0 saturated carbocycles. The maximum absolute atomic E-state index is 13.6. The lowest BCUT2D eigenvalue weighted by Crippen LogP contribution is -2.59. The lowest BCUT2D eigenvalue weighted by Gasteiger charge is -2.39. The molecule has 0 spiro atoms. The fraction of sp³-hybridized carbons (Fsp3) is 0.727. The number of halogens is 7. The minimum Gasteiger partial charge on any atom is -0.463 e. The van der Waals surface area contributed by atoms with E-state index in [9.17, 15) is 35.5 Å². The molecule has 0 aliphatic carbocycles. The zero-order valence-electron chi connectivity index (χ0n) is 10.9.